The van der Waals surface area contributed by atoms with Gasteiger partial charge in [-0.15, -0.1) is 11.3 Å². The van der Waals surface area contributed by atoms with Gasteiger partial charge in [0.15, 0.2) is 0 Å². The monoisotopic (exact) mass is 257 g/mol. The van der Waals surface area contributed by atoms with Crippen LogP contribution in [0.5, 0.6) is 5.75 Å². The molecular weight excluding hydrogens is 246 g/mol. The minimum atomic E-state index is 0.487. The first-order valence-electron chi connectivity index (χ1n) is 5.40. The zero-order chi connectivity index (χ0) is 12.7. The number of rotatable bonds is 1. The molecule has 5 heteroatoms. The molecule has 0 unspecified atom stereocenters. The van der Waals surface area contributed by atoms with Crippen LogP contribution < -0.4 is 15.8 Å². The van der Waals surface area contributed by atoms with Gasteiger partial charge >= 0.3 is 0 Å². The highest BCUT2D eigenvalue weighted by Crippen LogP contribution is 2.34. The van der Waals surface area contributed by atoms with E-state index in [0.717, 1.165) is 20.8 Å². The van der Waals surface area contributed by atoms with Crippen molar-refractivity contribution < 1.29 is 4.74 Å². The maximum absolute atomic E-state index is 7.63. The van der Waals surface area contributed by atoms with Gasteiger partial charge in [0.1, 0.15) is 5.75 Å². The summed E-state index contributed by atoms with van der Waals surface area (Å²) >= 11 is 1.58. The van der Waals surface area contributed by atoms with E-state index in [1.165, 1.54) is 0 Å². The second-order valence-electron chi connectivity index (χ2n) is 3.96. The van der Waals surface area contributed by atoms with Crippen LogP contribution in [0.15, 0.2) is 30.3 Å². The molecule has 0 saturated heterocycles. The summed E-state index contributed by atoms with van der Waals surface area (Å²) in [6.45, 7) is 0. The molecule has 3 rings (SSSR count). The Labute approximate surface area is 108 Å². The van der Waals surface area contributed by atoms with E-state index in [0.29, 0.717) is 16.8 Å². The van der Waals surface area contributed by atoms with Gasteiger partial charge in [0.05, 0.1) is 38.9 Å². The molecule has 0 bridgehead atoms. The lowest BCUT2D eigenvalue weighted by atomic mass is 10.2. The van der Waals surface area contributed by atoms with Crippen LogP contribution in [0.1, 0.15) is 0 Å². The molecule has 0 aromatic heterocycles. The molecule has 1 aromatic carbocycles. The summed E-state index contributed by atoms with van der Waals surface area (Å²) in [6.07, 6.45) is 0. The van der Waals surface area contributed by atoms with Crippen LogP contribution in [0.4, 0.5) is 5.69 Å². The molecule has 1 aliphatic heterocycles. The highest BCUT2D eigenvalue weighted by atomic mass is 32.1. The third-order valence-corrected chi connectivity index (χ3v) is 3.83. The van der Waals surface area contributed by atoms with Gasteiger partial charge in [-0.3, -0.25) is 0 Å². The van der Waals surface area contributed by atoms with Crippen molar-refractivity contribution in [3.8, 4) is 16.3 Å². The van der Waals surface area contributed by atoms with E-state index in [2.05, 4.69) is 4.98 Å². The maximum atomic E-state index is 7.63. The van der Waals surface area contributed by atoms with Crippen molar-refractivity contribution in [2.75, 3.05) is 12.8 Å². The third-order valence-electron chi connectivity index (χ3n) is 2.73. The fourth-order valence-corrected chi connectivity index (χ4v) is 2.88. The van der Waals surface area contributed by atoms with E-state index >= 15 is 0 Å². The SMILES string of the molecule is COc1cc2nc3ccc(=N)cc-3sc2cc1N. The number of nitrogens with one attached hydrogen (secondary N) is 1. The normalized spacial score (nSPS) is 10.9. The Morgan fingerprint density at radius 3 is 2.89 bits per heavy atom. The quantitative estimate of drug-likeness (QED) is 0.519. The molecule has 4 nitrogen and oxygen atoms in total. The van der Waals surface area contributed by atoms with Gasteiger partial charge in [-0.1, -0.05) is 0 Å². The predicted octanol–water partition coefficient (Wildman–Crippen LogP) is 2.47. The maximum Gasteiger partial charge on any atom is 0.143 e. The van der Waals surface area contributed by atoms with E-state index < -0.39 is 0 Å². The Balaban J connectivity index is 2.39. The Morgan fingerprint density at radius 1 is 1.28 bits per heavy atom. The summed E-state index contributed by atoms with van der Waals surface area (Å²) in [5, 5.41) is 8.11. The highest BCUT2D eigenvalue weighted by Gasteiger charge is 2.09. The summed E-state index contributed by atoms with van der Waals surface area (Å²) < 4.78 is 6.19. The number of aromatic nitrogens is 1. The Bertz CT molecular complexity index is 766. The number of methoxy groups -OCH3 is 1. The summed E-state index contributed by atoms with van der Waals surface area (Å²) in [4.78, 5) is 5.55. The Morgan fingerprint density at radius 2 is 2.11 bits per heavy atom. The number of ether oxygens (including phenoxy) is 1. The van der Waals surface area contributed by atoms with Crippen LogP contribution >= 0.6 is 11.3 Å². The van der Waals surface area contributed by atoms with Gasteiger partial charge in [0.25, 0.3) is 0 Å². The summed E-state index contributed by atoms with van der Waals surface area (Å²) in [6, 6.07) is 9.11. The van der Waals surface area contributed by atoms with Crippen LogP contribution in [0.3, 0.4) is 0 Å². The molecular formula is C13H11N3OS. The van der Waals surface area contributed by atoms with E-state index in [1.807, 2.05) is 24.3 Å². The van der Waals surface area contributed by atoms with Crippen molar-refractivity contribution in [1.82, 2.24) is 4.98 Å². The molecule has 0 fully saturated rings. The molecule has 1 aliphatic carbocycles. The standard InChI is InChI=1S/C13H11N3OS/c1-17-11-6-10-13(5-8(11)15)18-12-4-7(14)2-3-9(12)16-10/h2-6,14H,15H2,1H3. The lowest BCUT2D eigenvalue weighted by Crippen LogP contribution is -1.99. The molecule has 1 aromatic rings. The van der Waals surface area contributed by atoms with Gasteiger partial charge in [-0.25, -0.2) is 4.98 Å². The lowest BCUT2D eigenvalue weighted by Gasteiger charge is -2.09. The van der Waals surface area contributed by atoms with Crippen molar-refractivity contribution in [3.63, 3.8) is 0 Å². The second-order valence-corrected chi connectivity index (χ2v) is 5.04. The molecule has 1 heterocycles. The van der Waals surface area contributed by atoms with E-state index in [-0.39, 0.29) is 0 Å². The van der Waals surface area contributed by atoms with E-state index in [4.69, 9.17) is 15.9 Å². The average molecular weight is 257 g/mol. The number of hydrogen-bond acceptors (Lipinski definition) is 5. The minimum Gasteiger partial charge on any atom is -0.495 e. The zero-order valence-corrected chi connectivity index (χ0v) is 10.5. The van der Waals surface area contributed by atoms with Gasteiger partial charge in [-0.05, 0) is 24.3 Å². The fraction of sp³-hybridized carbons (Fsp3) is 0.0769. The summed E-state index contributed by atoms with van der Waals surface area (Å²) in [5.41, 5.74) is 8.23. The number of hydrogen-bond donors (Lipinski definition) is 2. The largest absolute Gasteiger partial charge is 0.495 e. The molecule has 0 amide bonds. The first-order chi connectivity index (χ1) is 8.67. The molecule has 0 atom stereocenters. The van der Waals surface area contributed by atoms with Gasteiger partial charge in [-0.2, -0.15) is 0 Å². The number of nitrogens with two attached hydrogens (primary N) is 1. The summed E-state index contributed by atoms with van der Waals surface area (Å²) in [7, 11) is 1.59. The lowest BCUT2D eigenvalue weighted by molar-refractivity contribution is 0.417. The van der Waals surface area contributed by atoms with Crippen molar-refractivity contribution in [2.24, 2.45) is 0 Å². The first kappa shape index (κ1) is 11.0. The average Bonchev–Trinajstić information content (AvgIpc) is 2.35. The molecule has 2 aliphatic rings. The molecule has 0 radical (unpaired) electrons. The number of anilines is 1. The van der Waals surface area contributed by atoms with Crippen LogP contribution in [0, 0.1) is 5.41 Å². The van der Waals surface area contributed by atoms with Gasteiger partial charge in [0.2, 0.25) is 0 Å². The highest BCUT2D eigenvalue weighted by molar-refractivity contribution is 7.21. The third kappa shape index (κ3) is 1.69. The topological polar surface area (TPSA) is 72.0 Å². The zero-order valence-electron chi connectivity index (χ0n) is 9.73. The Hall–Kier alpha value is -2.14. The summed E-state index contributed by atoms with van der Waals surface area (Å²) in [5.74, 6) is 0.638. The van der Waals surface area contributed by atoms with Crippen molar-refractivity contribution in [2.45, 2.75) is 0 Å². The smallest absolute Gasteiger partial charge is 0.143 e. The first-order valence-corrected chi connectivity index (χ1v) is 6.22. The minimum absolute atomic E-state index is 0.487. The van der Waals surface area contributed by atoms with Crippen molar-refractivity contribution >= 4 is 27.2 Å². The van der Waals surface area contributed by atoms with Crippen molar-refractivity contribution in [1.29, 1.82) is 5.41 Å². The van der Waals surface area contributed by atoms with Crippen LogP contribution in [0.2, 0.25) is 0 Å². The molecule has 90 valence electrons. The molecule has 0 spiro atoms. The van der Waals surface area contributed by atoms with E-state index in [9.17, 15) is 0 Å². The van der Waals surface area contributed by atoms with Crippen LogP contribution in [-0.4, -0.2) is 12.1 Å². The van der Waals surface area contributed by atoms with Crippen molar-refractivity contribution in [3.05, 3.63) is 35.7 Å². The fourth-order valence-electron chi connectivity index (χ4n) is 1.85. The van der Waals surface area contributed by atoms with E-state index in [1.54, 1.807) is 24.5 Å². The predicted molar refractivity (Wildman–Crippen MR) is 73.1 cm³/mol. The van der Waals surface area contributed by atoms with Crippen LogP contribution in [0.25, 0.3) is 20.8 Å². The second kappa shape index (κ2) is 3.96. The number of nitrogen functional groups attached to an aromatic ring is 1. The van der Waals surface area contributed by atoms with Gasteiger partial charge in [0, 0.05) is 6.07 Å². The molecule has 18 heavy (non-hydrogen) atoms. The number of nitrogens with zero attached hydrogens (tertiary/aromatic N) is 1. The van der Waals surface area contributed by atoms with Crippen LogP contribution in [-0.2, 0) is 0 Å². The van der Waals surface area contributed by atoms with Gasteiger partial charge < -0.3 is 15.9 Å². The number of benzene rings is 2. The Kier molecular flexibility index (Phi) is 2.41. The number of fused-ring (bicyclic) bond motifs is 2. The molecule has 0 saturated carbocycles. The molecule has 3 N–H and O–H groups in total.